The molecule has 9 N–H and O–H groups in total. The molecule has 0 radical (unpaired) electrons. The van der Waals surface area contributed by atoms with Gasteiger partial charge in [-0.05, 0) is 25.7 Å². The van der Waals surface area contributed by atoms with Crippen LogP contribution in [0.4, 0.5) is 0 Å². The van der Waals surface area contributed by atoms with Gasteiger partial charge in [0, 0.05) is 6.42 Å². The fourth-order valence-corrected chi connectivity index (χ4v) is 4.85. The number of aliphatic hydroxyl groups is 8. The molecule has 44 heavy (non-hydrogen) atoms. The lowest BCUT2D eigenvalue weighted by Crippen LogP contribution is -2.65. The van der Waals surface area contributed by atoms with Crippen molar-refractivity contribution >= 4 is 5.91 Å². The number of hydrogen-bond acceptors (Lipinski definition) is 13. The lowest BCUT2D eigenvalue weighted by atomic mass is 9.97. The van der Waals surface area contributed by atoms with Crippen molar-refractivity contribution < 1.29 is 64.6 Å². The van der Waals surface area contributed by atoms with E-state index in [1.807, 2.05) is 6.92 Å². The van der Waals surface area contributed by atoms with Gasteiger partial charge in [-0.25, -0.2) is 0 Å². The lowest BCUT2D eigenvalue weighted by Gasteiger charge is -2.46. The van der Waals surface area contributed by atoms with Crippen molar-refractivity contribution in [2.24, 2.45) is 0 Å². The predicted molar refractivity (Wildman–Crippen MR) is 157 cm³/mol. The zero-order chi connectivity index (χ0) is 32.6. The van der Waals surface area contributed by atoms with Crippen LogP contribution in [0.1, 0.15) is 65.2 Å². The molecular formula is C30H53NO13. The lowest BCUT2D eigenvalue weighted by molar-refractivity contribution is -0.359. The molecule has 0 spiro atoms. The van der Waals surface area contributed by atoms with Crippen LogP contribution in [0.15, 0.2) is 24.3 Å². The number of carbonyl (C=O) groups excluding carboxylic acids is 1. The summed E-state index contributed by atoms with van der Waals surface area (Å²) < 4.78 is 22.2. The van der Waals surface area contributed by atoms with Crippen LogP contribution >= 0.6 is 0 Å². The number of ether oxygens (including phenoxy) is 4. The number of aliphatic hydroxyl groups excluding tert-OH is 8. The Balaban J connectivity index is 2.04. The molecule has 0 saturated carbocycles. The van der Waals surface area contributed by atoms with Crippen LogP contribution in [0.25, 0.3) is 0 Å². The van der Waals surface area contributed by atoms with Gasteiger partial charge in [0.25, 0.3) is 0 Å². The molecule has 1 amide bonds. The second kappa shape index (κ2) is 20.6. The maximum Gasteiger partial charge on any atom is 0.220 e. The van der Waals surface area contributed by atoms with Crippen molar-refractivity contribution in [3.63, 3.8) is 0 Å². The first-order chi connectivity index (χ1) is 21.1. The molecule has 12 unspecified atom stereocenters. The first-order valence-corrected chi connectivity index (χ1v) is 15.6. The van der Waals surface area contributed by atoms with Gasteiger partial charge in [-0.15, -0.1) is 0 Å². The summed E-state index contributed by atoms with van der Waals surface area (Å²) in [6, 6.07) is -0.917. The predicted octanol–water partition coefficient (Wildman–Crippen LogP) is -1.25. The van der Waals surface area contributed by atoms with E-state index in [9.17, 15) is 45.6 Å². The first kappa shape index (κ1) is 38.7. The fourth-order valence-electron chi connectivity index (χ4n) is 4.85. The highest BCUT2D eigenvalue weighted by atomic mass is 16.7. The van der Waals surface area contributed by atoms with Crippen molar-refractivity contribution in [1.29, 1.82) is 0 Å². The minimum atomic E-state index is -1.78. The summed E-state index contributed by atoms with van der Waals surface area (Å²) in [6.07, 6.45) is -2.96. The molecule has 256 valence electrons. The molecule has 2 heterocycles. The third kappa shape index (κ3) is 11.7. The molecule has 2 rings (SSSR count). The Morgan fingerprint density at radius 2 is 1.41 bits per heavy atom. The van der Waals surface area contributed by atoms with E-state index in [0.717, 1.165) is 32.1 Å². The normalized spacial score (nSPS) is 34.4. The molecule has 14 heteroatoms. The maximum absolute atomic E-state index is 12.5. The molecule has 0 aromatic carbocycles. The Kier molecular flexibility index (Phi) is 18.1. The quantitative estimate of drug-likeness (QED) is 0.0598. The van der Waals surface area contributed by atoms with Gasteiger partial charge in [-0.2, -0.15) is 0 Å². The summed E-state index contributed by atoms with van der Waals surface area (Å²) in [5, 5.41) is 84.8. The number of carbonyl (C=O) groups is 1. The summed E-state index contributed by atoms with van der Waals surface area (Å²) in [5.74, 6) is -0.293. The van der Waals surface area contributed by atoms with Gasteiger partial charge in [0.2, 0.25) is 5.91 Å². The second-order valence-electron chi connectivity index (χ2n) is 11.2. The number of hydrogen-bond donors (Lipinski definition) is 9. The molecule has 12 atom stereocenters. The largest absolute Gasteiger partial charge is 0.394 e. The highest BCUT2D eigenvalue weighted by Gasteiger charge is 2.50. The fraction of sp³-hybridized carbons (Fsp3) is 0.833. The van der Waals surface area contributed by atoms with E-state index in [1.165, 1.54) is 0 Å². The van der Waals surface area contributed by atoms with Gasteiger partial charge >= 0.3 is 0 Å². The minimum Gasteiger partial charge on any atom is -0.394 e. The van der Waals surface area contributed by atoms with Gasteiger partial charge in [0.05, 0.1) is 32.0 Å². The average molecular weight is 636 g/mol. The number of amides is 1. The molecule has 0 bridgehead atoms. The van der Waals surface area contributed by atoms with Crippen molar-refractivity contribution in [3.8, 4) is 0 Å². The second-order valence-corrected chi connectivity index (χ2v) is 11.2. The zero-order valence-electron chi connectivity index (χ0n) is 25.6. The van der Waals surface area contributed by atoms with Gasteiger partial charge in [0.1, 0.15) is 48.8 Å². The third-order valence-electron chi connectivity index (χ3n) is 7.64. The smallest absolute Gasteiger partial charge is 0.220 e. The van der Waals surface area contributed by atoms with E-state index in [1.54, 1.807) is 12.2 Å². The highest BCUT2D eigenvalue weighted by molar-refractivity contribution is 5.76. The third-order valence-corrected chi connectivity index (χ3v) is 7.64. The van der Waals surface area contributed by atoms with Gasteiger partial charge in [0.15, 0.2) is 12.6 Å². The number of rotatable bonds is 19. The van der Waals surface area contributed by atoms with E-state index in [4.69, 9.17) is 18.9 Å². The Labute approximate surface area is 258 Å². The van der Waals surface area contributed by atoms with Crippen molar-refractivity contribution in [1.82, 2.24) is 5.32 Å². The SMILES string of the molecule is CCCC/C=C/CC/C=C/C(O)C(COC1OC(CO)C(OC2OC(CO)C(O)C(O)C2O)C(O)C1O)NC(=O)CCCC. The Bertz CT molecular complexity index is 857. The molecular weight excluding hydrogens is 582 g/mol. The van der Waals surface area contributed by atoms with Gasteiger partial charge in [-0.3, -0.25) is 4.79 Å². The van der Waals surface area contributed by atoms with Crippen molar-refractivity contribution in [3.05, 3.63) is 24.3 Å². The van der Waals surface area contributed by atoms with Crippen LogP contribution in [0.3, 0.4) is 0 Å². The van der Waals surface area contributed by atoms with Crippen LogP contribution in [0, 0.1) is 0 Å². The van der Waals surface area contributed by atoms with Crippen LogP contribution < -0.4 is 5.32 Å². The summed E-state index contributed by atoms with van der Waals surface area (Å²) in [4.78, 5) is 12.5. The summed E-state index contributed by atoms with van der Waals surface area (Å²) in [5.41, 5.74) is 0. The monoisotopic (exact) mass is 635 g/mol. The van der Waals surface area contributed by atoms with Gasteiger partial charge in [-0.1, -0.05) is 57.4 Å². The minimum absolute atomic E-state index is 0.247. The molecule has 2 aliphatic heterocycles. The van der Waals surface area contributed by atoms with Crippen LogP contribution in [-0.2, 0) is 23.7 Å². The van der Waals surface area contributed by atoms with Crippen LogP contribution in [0.2, 0.25) is 0 Å². The average Bonchev–Trinajstić information content (AvgIpc) is 3.02. The van der Waals surface area contributed by atoms with Crippen LogP contribution in [-0.4, -0.2) is 140 Å². The Morgan fingerprint density at radius 3 is 2.07 bits per heavy atom. The standard InChI is InChI=1S/C30H53NO13/c1-3-5-7-8-9-10-11-12-13-19(34)18(31-22(35)14-6-4-2)17-41-29-27(40)25(38)28(21(16-33)43-29)44-30-26(39)24(37)23(36)20(15-32)42-30/h8-9,12-13,18-21,23-30,32-34,36-40H,3-7,10-11,14-17H2,1-2H3,(H,31,35)/b9-8+,13-12+. The van der Waals surface area contributed by atoms with Crippen LogP contribution in [0.5, 0.6) is 0 Å². The van der Waals surface area contributed by atoms with E-state index in [-0.39, 0.29) is 18.9 Å². The van der Waals surface area contributed by atoms with E-state index >= 15 is 0 Å². The molecule has 0 aliphatic carbocycles. The summed E-state index contributed by atoms with van der Waals surface area (Å²) >= 11 is 0. The molecule has 0 aromatic rings. The molecule has 14 nitrogen and oxygen atoms in total. The zero-order valence-corrected chi connectivity index (χ0v) is 25.6. The molecule has 2 aliphatic rings. The van der Waals surface area contributed by atoms with E-state index in [2.05, 4.69) is 24.4 Å². The number of allylic oxidation sites excluding steroid dienone is 3. The van der Waals surface area contributed by atoms with Crippen molar-refractivity contribution in [2.75, 3.05) is 19.8 Å². The van der Waals surface area contributed by atoms with Gasteiger partial charge < -0.3 is 65.1 Å². The topological polar surface area (TPSA) is 228 Å². The number of unbranched alkanes of at least 4 members (excludes halogenated alkanes) is 4. The molecule has 2 saturated heterocycles. The van der Waals surface area contributed by atoms with E-state index < -0.39 is 86.8 Å². The number of nitrogens with one attached hydrogen (secondary N) is 1. The van der Waals surface area contributed by atoms with E-state index in [0.29, 0.717) is 12.8 Å². The molecule has 2 fully saturated rings. The highest BCUT2D eigenvalue weighted by Crippen LogP contribution is 2.29. The Morgan fingerprint density at radius 1 is 0.795 bits per heavy atom. The van der Waals surface area contributed by atoms with Crippen molar-refractivity contribution in [2.45, 2.75) is 139 Å². The maximum atomic E-state index is 12.5. The first-order valence-electron chi connectivity index (χ1n) is 15.6. The molecule has 0 aromatic heterocycles. The summed E-state index contributed by atoms with van der Waals surface area (Å²) in [7, 11) is 0. The summed E-state index contributed by atoms with van der Waals surface area (Å²) in [6.45, 7) is 2.34. The Hall–Kier alpha value is -1.53.